The van der Waals surface area contributed by atoms with Crippen molar-refractivity contribution in [2.24, 2.45) is 17.3 Å². The lowest BCUT2D eigenvalue weighted by molar-refractivity contribution is 0.0431. The molecule has 0 saturated carbocycles. The molecule has 0 aliphatic heterocycles. The molecule has 1 aliphatic rings. The molecule has 2 rings (SSSR count). The molecule has 3 atom stereocenters. The lowest BCUT2D eigenvalue weighted by Gasteiger charge is -2.41. The average molecular weight is 373 g/mol. The first kappa shape index (κ1) is 22.0. The number of phenols is 1. The van der Waals surface area contributed by atoms with Crippen molar-refractivity contribution in [1.82, 2.24) is 0 Å². The van der Waals surface area contributed by atoms with Crippen molar-refractivity contribution in [3.63, 3.8) is 0 Å². The summed E-state index contributed by atoms with van der Waals surface area (Å²) in [5, 5.41) is 22.1. The maximum atomic E-state index is 11.1. The van der Waals surface area contributed by atoms with Gasteiger partial charge < -0.3 is 10.2 Å². The Morgan fingerprint density at radius 1 is 1.04 bits per heavy atom. The van der Waals surface area contributed by atoms with Gasteiger partial charge in [0.2, 0.25) is 0 Å². The Labute approximate surface area is 166 Å². The van der Waals surface area contributed by atoms with Crippen molar-refractivity contribution in [1.29, 1.82) is 0 Å². The zero-order valence-corrected chi connectivity index (χ0v) is 18.7. The van der Waals surface area contributed by atoms with Crippen LogP contribution in [-0.2, 0) is 18.3 Å². The molecule has 0 radical (unpaired) electrons. The first-order valence-electron chi connectivity index (χ1n) is 10.6. The quantitative estimate of drug-likeness (QED) is 0.620. The summed E-state index contributed by atoms with van der Waals surface area (Å²) >= 11 is 0. The second kappa shape index (κ2) is 7.99. The van der Waals surface area contributed by atoms with Gasteiger partial charge in [0.15, 0.2) is 0 Å². The van der Waals surface area contributed by atoms with Crippen LogP contribution in [0.25, 0.3) is 0 Å². The van der Waals surface area contributed by atoms with Crippen molar-refractivity contribution >= 4 is 0 Å². The fourth-order valence-corrected chi connectivity index (χ4v) is 4.35. The maximum absolute atomic E-state index is 11.1. The summed E-state index contributed by atoms with van der Waals surface area (Å²) in [7, 11) is 0. The van der Waals surface area contributed by atoms with Crippen LogP contribution < -0.4 is 0 Å². The lowest BCUT2D eigenvalue weighted by Crippen LogP contribution is -2.38. The van der Waals surface area contributed by atoms with Crippen LogP contribution in [0, 0.1) is 17.3 Å². The van der Waals surface area contributed by atoms with Gasteiger partial charge in [-0.3, -0.25) is 0 Å². The van der Waals surface area contributed by atoms with E-state index in [9.17, 15) is 10.2 Å². The topological polar surface area (TPSA) is 40.5 Å². The number of aryl methyl sites for hydroxylation is 1. The minimum Gasteiger partial charge on any atom is -0.507 e. The second-order valence-electron chi connectivity index (χ2n) is 10.5. The average Bonchev–Trinajstić information content (AvgIpc) is 2.56. The number of benzene rings is 1. The van der Waals surface area contributed by atoms with Gasteiger partial charge in [-0.2, -0.15) is 0 Å². The summed E-state index contributed by atoms with van der Waals surface area (Å²) in [6.45, 7) is 17.5. The molecule has 0 saturated heterocycles. The third-order valence-electron chi connectivity index (χ3n) is 6.26. The van der Waals surface area contributed by atoms with Gasteiger partial charge >= 0.3 is 0 Å². The summed E-state index contributed by atoms with van der Waals surface area (Å²) in [6.07, 6.45) is 5.56. The molecule has 0 spiro atoms. The van der Waals surface area contributed by atoms with E-state index < -0.39 is 6.10 Å². The fraction of sp³-hybridized carbons (Fsp3) is 0.680. The normalized spacial score (nSPS) is 24.0. The van der Waals surface area contributed by atoms with Crippen LogP contribution in [0.2, 0.25) is 0 Å². The van der Waals surface area contributed by atoms with Crippen LogP contribution in [0.15, 0.2) is 23.8 Å². The highest BCUT2D eigenvalue weighted by Gasteiger charge is 2.37. The lowest BCUT2D eigenvalue weighted by atomic mass is 9.66. The van der Waals surface area contributed by atoms with Gasteiger partial charge in [0.05, 0.1) is 6.10 Å². The highest BCUT2D eigenvalue weighted by Crippen LogP contribution is 2.43. The molecule has 0 bridgehead atoms. The highest BCUT2D eigenvalue weighted by molar-refractivity contribution is 5.49. The summed E-state index contributed by atoms with van der Waals surface area (Å²) in [5.74, 6) is 1.16. The largest absolute Gasteiger partial charge is 0.507 e. The number of allylic oxidation sites excluding steroid dienone is 1. The molecular weight excluding hydrogens is 332 g/mol. The van der Waals surface area contributed by atoms with E-state index in [1.165, 1.54) is 5.56 Å². The predicted octanol–water partition coefficient (Wildman–Crippen LogP) is 6.17. The first-order chi connectivity index (χ1) is 12.4. The Morgan fingerprint density at radius 2 is 1.67 bits per heavy atom. The Morgan fingerprint density at radius 3 is 2.15 bits per heavy atom. The van der Waals surface area contributed by atoms with Gasteiger partial charge in [-0.15, -0.1) is 0 Å². The molecule has 2 nitrogen and oxygen atoms in total. The number of hydrogen-bond donors (Lipinski definition) is 2. The van der Waals surface area contributed by atoms with E-state index in [1.54, 1.807) is 0 Å². The molecule has 152 valence electrons. The molecular formula is C25H40O2. The monoisotopic (exact) mass is 372 g/mol. The van der Waals surface area contributed by atoms with E-state index in [-0.39, 0.29) is 16.7 Å². The third kappa shape index (κ3) is 4.96. The van der Waals surface area contributed by atoms with Gasteiger partial charge in [0, 0.05) is 0 Å². The SMILES string of the molecule is CCc1cc(CC2=CC(CC)CC(C(C)(C)C)C2O)c(O)c(C(C)(C)C)c1. The van der Waals surface area contributed by atoms with Crippen molar-refractivity contribution in [3.8, 4) is 5.75 Å². The van der Waals surface area contributed by atoms with Gasteiger partial charge in [-0.25, -0.2) is 0 Å². The first-order valence-corrected chi connectivity index (χ1v) is 10.6. The molecule has 1 aromatic rings. The zero-order valence-electron chi connectivity index (χ0n) is 18.7. The van der Waals surface area contributed by atoms with Crippen molar-refractivity contribution in [2.45, 2.75) is 92.6 Å². The molecule has 1 aromatic carbocycles. The van der Waals surface area contributed by atoms with Gasteiger partial charge in [-0.05, 0) is 70.6 Å². The molecule has 0 amide bonds. The van der Waals surface area contributed by atoms with Crippen LogP contribution >= 0.6 is 0 Å². The number of hydrogen-bond acceptors (Lipinski definition) is 2. The van der Waals surface area contributed by atoms with Crippen LogP contribution in [0.4, 0.5) is 0 Å². The van der Waals surface area contributed by atoms with Crippen molar-refractivity contribution in [2.75, 3.05) is 0 Å². The Hall–Kier alpha value is -1.28. The number of rotatable bonds is 4. The zero-order chi connectivity index (χ0) is 20.6. The molecule has 2 heteroatoms. The van der Waals surface area contributed by atoms with Gasteiger partial charge in [0.1, 0.15) is 5.75 Å². The molecule has 1 aliphatic carbocycles. The number of phenolic OH excluding ortho intramolecular Hbond substituents is 1. The maximum Gasteiger partial charge on any atom is 0.122 e. The van der Waals surface area contributed by atoms with Crippen LogP contribution in [0.5, 0.6) is 5.75 Å². The summed E-state index contributed by atoms with van der Waals surface area (Å²) < 4.78 is 0. The smallest absolute Gasteiger partial charge is 0.122 e. The number of aromatic hydroxyl groups is 1. The predicted molar refractivity (Wildman–Crippen MR) is 115 cm³/mol. The Kier molecular flexibility index (Phi) is 6.52. The second-order valence-corrected chi connectivity index (χ2v) is 10.5. The summed E-state index contributed by atoms with van der Waals surface area (Å²) in [6, 6.07) is 4.26. The van der Waals surface area contributed by atoms with Crippen LogP contribution in [0.1, 0.15) is 84.9 Å². The minimum absolute atomic E-state index is 0.0657. The molecule has 0 aromatic heterocycles. The fourth-order valence-electron chi connectivity index (χ4n) is 4.35. The Bertz CT molecular complexity index is 686. The minimum atomic E-state index is -0.435. The van der Waals surface area contributed by atoms with Crippen LogP contribution in [-0.4, -0.2) is 16.3 Å². The van der Waals surface area contributed by atoms with E-state index in [0.29, 0.717) is 18.1 Å². The molecule has 0 heterocycles. The number of aliphatic hydroxyl groups is 1. The van der Waals surface area contributed by atoms with Crippen molar-refractivity contribution < 1.29 is 10.2 Å². The van der Waals surface area contributed by atoms with Crippen LogP contribution in [0.3, 0.4) is 0 Å². The van der Waals surface area contributed by atoms with Crippen molar-refractivity contribution in [3.05, 3.63) is 40.5 Å². The molecule has 2 N–H and O–H groups in total. The molecule has 0 fully saturated rings. The molecule has 27 heavy (non-hydrogen) atoms. The number of aliphatic hydroxyl groups excluding tert-OH is 1. The van der Waals surface area contributed by atoms with E-state index in [4.69, 9.17) is 0 Å². The summed E-state index contributed by atoms with van der Waals surface area (Å²) in [4.78, 5) is 0. The van der Waals surface area contributed by atoms with Gasteiger partial charge in [0.25, 0.3) is 0 Å². The van der Waals surface area contributed by atoms with Gasteiger partial charge in [-0.1, -0.05) is 73.6 Å². The highest BCUT2D eigenvalue weighted by atomic mass is 16.3. The standard InChI is InChI=1S/C25H40O2/c1-9-16-11-18(22(26)20(13-16)24(3,4)5)15-19-12-17(10-2)14-21(23(19)27)25(6,7)8/h11-13,17,21,23,26-27H,9-10,14-15H2,1-8H3. The van der Waals surface area contributed by atoms with E-state index in [2.05, 4.69) is 73.6 Å². The van der Waals surface area contributed by atoms with E-state index in [1.807, 2.05) is 0 Å². The molecule has 3 unspecified atom stereocenters. The van der Waals surface area contributed by atoms with E-state index >= 15 is 0 Å². The summed E-state index contributed by atoms with van der Waals surface area (Å²) in [5.41, 5.74) is 4.24. The Balaban J connectivity index is 2.46. The third-order valence-corrected chi connectivity index (χ3v) is 6.26. The van der Waals surface area contributed by atoms with E-state index in [0.717, 1.165) is 36.0 Å².